The van der Waals surface area contributed by atoms with Gasteiger partial charge in [-0.05, 0) is 6.92 Å². The van der Waals surface area contributed by atoms with Crippen molar-refractivity contribution >= 4 is 17.7 Å². The van der Waals surface area contributed by atoms with Gasteiger partial charge in [-0.3, -0.25) is 9.89 Å². The summed E-state index contributed by atoms with van der Waals surface area (Å²) < 4.78 is 37.3. The van der Waals surface area contributed by atoms with Crippen molar-refractivity contribution in [2.75, 3.05) is 0 Å². The fourth-order valence-corrected chi connectivity index (χ4v) is 1.79. The van der Waals surface area contributed by atoms with Crippen LogP contribution in [0, 0.1) is 6.92 Å². The fraction of sp³-hybridized carbons (Fsp3) is 0.571. The number of nitrogens with one attached hydrogen (secondary N) is 1. The summed E-state index contributed by atoms with van der Waals surface area (Å²) in [5.74, 6) is -1.14. The highest BCUT2D eigenvalue weighted by molar-refractivity contribution is 7.99. The molecular weight excluding hydrogens is 247 g/mol. The maximum absolute atomic E-state index is 12.4. The van der Waals surface area contributed by atoms with E-state index in [1.54, 1.807) is 0 Å². The van der Waals surface area contributed by atoms with Crippen LogP contribution < -0.4 is 0 Å². The van der Waals surface area contributed by atoms with Crippen molar-refractivity contribution in [3.63, 3.8) is 0 Å². The van der Waals surface area contributed by atoms with Crippen LogP contribution in [0.1, 0.15) is 12.2 Å². The Hall–Kier alpha value is -1.25. The molecule has 1 rings (SSSR count). The van der Waals surface area contributed by atoms with Crippen LogP contribution in [-0.4, -0.2) is 37.7 Å². The van der Waals surface area contributed by atoms with Crippen LogP contribution in [0.3, 0.4) is 0 Å². The average molecular weight is 255 g/mol. The number of aromatic amines is 1. The van der Waals surface area contributed by atoms with E-state index in [2.05, 4.69) is 15.2 Å². The Labute approximate surface area is 92.4 Å². The number of H-pyrrole nitrogens is 1. The van der Waals surface area contributed by atoms with E-state index in [1.807, 2.05) is 0 Å². The van der Waals surface area contributed by atoms with Crippen molar-refractivity contribution in [3.05, 3.63) is 5.82 Å². The number of carboxylic acid groups (broad SMARTS) is 1. The van der Waals surface area contributed by atoms with E-state index in [0.717, 1.165) is 0 Å². The predicted octanol–water partition coefficient (Wildman–Crippen LogP) is 1.61. The molecule has 5 nitrogen and oxygen atoms in total. The minimum atomic E-state index is -4.60. The number of carboxylic acids is 1. The number of hydrogen-bond acceptors (Lipinski definition) is 4. The Balaban J connectivity index is 2.74. The van der Waals surface area contributed by atoms with Gasteiger partial charge >= 0.3 is 12.1 Å². The standard InChI is InChI=1S/C7H8F3N3O2S/c1-3-11-6(13-12-3)16-4(2-5(14)15)7(8,9)10/h4H,2H2,1H3,(H,14,15)(H,11,12,13). The molecule has 0 amide bonds. The van der Waals surface area contributed by atoms with E-state index >= 15 is 0 Å². The molecule has 16 heavy (non-hydrogen) atoms. The van der Waals surface area contributed by atoms with E-state index in [9.17, 15) is 18.0 Å². The molecule has 90 valence electrons. The molecule has 0 aliphatic carbocycles. The molecule has 0 aromatic carbocycles. The number of aliphatic carboxylic acids is 1. The second-order valence-electron chi connectivity index (χ2n) is 2.95. The van der Waals surface area contributed by atoms with E-state index in [4.69, 9.17) is 5.11 Å². The maximum Gasteiger partial charge on any atom is 0.401 e. The molecule has 0 radical (unpaired) electrons. The van der Waals surface area contributed by atoms with Crippen molar-refractivity contribution in [1.29, 1.82) is 0 Å². The van der Waals surface area contributed by atoms with Gasteiger partial charge in [-0.25, -0.2) is 4.98 Å². The Bertz CT molecular complexity index is 379. The molecule has 0 saturated heterocycles. The molecule has 1 heterocycles. The van der Waals surface area contributed by atoms with Crippen molar-refractivity contribution in [3.8, 4) is 0 Å². The zero-order valence-corrected chi connectivity index (χ0v) is 8.89. The van der Waals surface area contributed by atoms with Gasteiger partial charge < -0.3 is 5.11 Å². The molecule has 0 aliphatic heterocycles. The lowest BCUT2D eigenvalue weighted by Crippen LogP contribution is -2.28. The van der Waals surface area contributed by atoms with Crippen LogP contribution in [0.2, 0.25) is 0 Å². The molecule has 1 aromatic rings. The molecule has 1 unspecified atom stereocenters. The summed E-state index contributed by atoms with van der Waals surface area (Å²) in [4.78, 5) is 14.0. The van der Waals surface area contributed by atoms with Gasteiger partial charge in [-0.15, -0.1) is 5.10 Å². The first-order valence-electron chi connectivity index (χ1n) is 4.13. The minimum Gasteiger partial charge on any atom is -0.481 e. The Morgan fingerprint density at radius 1 is 1.62 bits per heavy atom. The largest absolute Gasteiger partial charge is 0.481 e. The van der Waals surface area contributed by atoms with E-state index in [0.29, 0.717) is 5.82 Å². The average Bonchev–Trinajstić information content (AvgIpc) is 2.47. The highest BCUT2D eigenvalue weighted by Crippen LogP contribution is 2.35. The number of alkyl halides is 3. The number of halogens is 3. The van der Waals surface area contributed by atoms with Crippen LogP contribution in [-0.2, 0) is 4.79 Å². The first-order chi connectivity index (χ1) is 7.29. The second kappa shape index (κ2) is 4.73. The maximum atomic E-state index is 12.4. The summed E-state index contributed by atoms with van der Waals surface area (Å²) >= 11 is 0.286. The van der Waals surface area contributed by atoms with Crippen LogP contribution in [0.5, 0.6) is 0 Å². The molecular formula is C7H8F3N3O2S. The van der Waals surface area contributed by atoms with Gasteiger partial charge in [0.25, 0.3) is 0 Å². The Morgan fingerprint density at radius 2 is 2.25 bits per heavy atom. The Kier molecular flexibility index (Phi) is 3.79. The lowest BCUT2D eigenvalue weighted by molar-refractivity contribution is -0.149. The number of aryl methyl sites for hydroxylation is 1. The topological polar surface area (TPSA) is 78.9 Å². The smallest absolute Gasteiger partial charge is 0.401 e. The number of carbonyl (C=O) groups is 1. The summed E-state index contributed by atoms with van der Waals surface area (Å²) in [5.41, 5.74) is 0. The molecule has 2 N–H and O–H groups in total. The van der Waals surface area contributed by atoms with Crippen LogP contribution in [0.25, 0.3) is 0 Å². The number of hydrogen-bond donors (Lipinski definition) is 2. The van der Waals surface area contributed by atoms with Crippen molar-refractivity contribution < 1.29 is 23.1 Å². The Morgan fingerprint density at radius 3 is 2.62 bits per heavy atom. The van der Waals surface area contributed by atoms with Gasteiger partial charge in [0, 0.05) is 0 Å². The third-order valence-electron chi connectivity index (χ3n) is 1.55. The minimum absolute atomic E-state index is 0.110. The molecule has 0 saturated carbocycles. The molecule has 0 fully saturated rings. The third kappa shape index (κ3) is 3.72. The second-order valence-corrected chi connectivity index (χ2v) is 4.12. The molecule has 0 aliphatic rings. The van der Waals surface area contributed by atoms with Gasteiger partial charge in [0.05, 0.1) is 6.42 Å². The third-order valence-corrected chi connectivity index (χ3v) is 2.66. The summed E-state index contributed by atoms with van der Waals surface area (Å²) in [7, 11) is 0. The van der Waals surface area contributed by atoms with Gasteiger partial charge in [0.15, 0.2) is 0 Å². The normalized spacial score (nSPS) is 13.8. The van der Waals surface area contributed by atoms with Crippen LogP contribution in [0.4, 0.5) is 13.2 Å². The molecule has 1 aromatic heterocycles. The highest BCUT2D eigenvalue weighted by atomic mass is 32.2. The SMILES string of the molecule is Cc1nc(SC(CC(=O)O)C(F)(F)F)n[nH]1. The summed E-state index contributed by atoms with van der Waals surface area (Å²) in [6.07, 6.45) is -5.61. The first kappa shape index (κ1) is 12.8. The highest BCUT2D eigenvalue weighted by Gasteiger charge is 2.42. The van der Waals surface area contributed by atoms with Crippen molar-refractivity contribution in [1.82, 2.24) is 15.2 Å². The quantitative estimate of drug-likeness (QED) is 0.799. The van der Waals surface area contributed by atoms with E-state index < -0.39 is 23.8 Å². The number of aromatic nitrogens is 3. The van der Waals surface area contributed by atoms with Crippen LogP contribution in [0.15, 0.2) is 5.16 Å². The molecule has 0 spiro atoms. The predicted molar refractivity (Wildman–Crippen MR) is 49.1 cm³/mol. The van der Waals surface area contributed by atoms with E-state index in [1.165, 1.54) is 6.92 Å². The molecule has 9 heteroatoms. The zero-order chi connectivity index (χ0) is 12.3. The molecule has 0 bridgehead atoms. The van der Waals surface area contributed by atoms with Crippen LogP contribution >= 0.6 is 11.8 Å². The van der Waals surface area contributed by atoms with Crippen molar-refractivity contribution in [2.24, 2.45) is 0 Å². The lowest BCUT2D eigenvalue weighted by Gasteiger charge is -2.15. The number of rotatable bonds is 4. The summed E-state index contributed by atoms with van der Waals surface area (Å²) in [6.45, 7) is 1.54. The van der Waals surface area contributed by atoms with Gasteiger partial charge in [0.1, 0.15) is 11.1 Å². The number of thioether (sulfide) groups is 1. The van der Waals surface area contributed by atoms with Gasteiger partial charge in [-0.1, -0.05) is 11.8 Å². The van der Waals surface area contributed by atoms with Crippen molar-refractivity contribution in [2.45, 2.75) is 29.9 Å². The fourth-order valence-electron chi connectivity index (χ4n) is 0.885. The zero-order valence-electron chi connectivity index (χ0n) is 8.08. The summed E-state index contributed by atoms with van der Waals surface area (Å²) in [6, 6.07) is 0. The lowest BCUT2D eigenvalue weighted by atomic mass is 10.3. The summed E-state index contributed by atoms with van der Waals surface area (Å²) in [5, 5.41) is 12.1. The number of nitrogens with zero attached hydrogens (tertiary/aromatic N) is 2. The first-order valence-corrected chi connectivity index (χ1v) is 5.01. The molecule has 1 atom stereocenters. The van der Waals surface area contributed by atoms with E-state index in [-0.39, 0.29) is 16.9 Å². The van der Waals surface area contributed by atoms with Gasteiger partial charge in [-0.2, -0.15) is 13.2 Å². The van der Waals surface area contributed by atoms with Gasteiger partial charge in [0.2, 0.25) is 5.16 Å². The monoisotopic (exact) mass is 255 g/mol.